The summed E-state index contributed by atoms with van der Waals surface area (Å²) in [7, 11) is 0. The van der Waals surface area contributed by atoms with Crippen molar-refractivity contribution in [3.05, 3.63) is 23.0 Å². The highest BCUT2D eigenvalue weighted by atomic mass is 32.1. The van der Waals surface area contributed by atoms with Crippen LogP contribution in [0.4, 0.5) is 0 Å². The second-order valence-electron chi connectivity index (χ2n) is 2.62. The molecular weight excluding hydrogens is 156 g/mol. The van der Waals surface area contributed by atoms with Gasteiger partial charge in [0.25, 0.3) is 0 Å². The lowest BCUT2D eigenvalue weighted by molar-refractivity contribution is 1.06. The van der Waals surface area contributed by atoms with Gasteiger partial charge in [0.05, 0.1) is 5.69 Å². The first-order valence-electron chi connectivity index (χ1n) is 3.73. The summed E-state index contributed by atoms with van der Waals surface area (Å²) in [6.07, 6.45) is 3.13. The molecule has 0 unspecified atom stereocenters. The minimum atomic E-state index is 1.02. The second-order valence-corrected chi connectivity index (χ2v) is 3.45. The molecule has 2 heterocycles. The van der Waals surface area contributed by atoms with Gasteiger partial charge in [-0.15, -0.1) is 11.3 Å². The van der Waals surface area contributed by atoms with Crippen molar-refractivity contribution in [1.82, 2.24) is 9.38 Å². The monoisotopic (exact) mass is 166 g/mol. The molecule has 0 aliphatic heterocycles. The molecule has 0 aromatic carbocycles. The average Bonchev–Trinajstić information content (AvgIpc) is 2.53. The zero-order valence-electron chi connectivity index (χ0n) is 6.66. The van der Waals surface area contributed by atoms with E-state index < -0.39 is 0 Å². The van der Waals surface area contributed by atoms with Crippen molar-refractivity contribution in [3.8, 4) is 0 Å². The van der Waals surface area contributed by atoms with Gasteiger partial charge < -0.3 is 0 Å². The normalized spacial score (nSPS) is 11.1. The number of nitrogens with zero attached hydrogens (tertiary/aromatic N) is 2. The predicted molar refractivity (Wildman–Crippen MR) is 47.2 cm³/mol. The third-order valence-corrected chi connectivity index (χ3v) is 2.76. The summed E-state index contributed by atoms with van der Waals surface area (Å²) in [6, 6.07) is 0. The van der Waals surface area contributed by atoms with Crippen LogP contribution in [0.2, 0.25) is 0 Å². The number of thiazole rings is 1. The summed E-state index contributed by atoms with van der Waals surface area (Å²) >= 11 is 1.70. The molecule has 0 saturated heterocycles. The van der Waals surface area contributed by atoms with E-state index in [1.807, 2.05) is 0 Å². The lowest BCUT2D eigenvalue weighted by Crippen LogP contribution is -1.79. The molecule has 2 rings (SSSR count). The van der Waals surface area contributed by atoms with Crippen molar-refractivity contribution in [2.75, 3.05) is 0 Å². The predicted octanol–water partition coefficient (Wildman–Crippen LogP) is 2.27. The van der Waals surface area contributed by atoms with Crippen molar-refractivity contribution in [2.24, 2.45) is 0 Å². The van der Waals surface area contributed by atoms with Crippen molar-refractivity contribution in [3.63, 3.8) is 0 Å². The molecule has 0 aliphatic rings. The van der Waals surface area contributed by atoms with Crippen molar-refractivity contribution in [2.45, 2.75) is 20.3 Å². The lowest BCUT2D eigenvalue weighted by Gasteiger charge is -1.84. The van der Waals surface area contributed by atoms with Gasteiger partial charge in [-0.05, 0) is 13.3 Å². The van der Waals surface area contributed by atoms with E-state index in [0.717, 1.165) is 11.4 Å². The topological polar surface area (TPSA) is 17.3 Å². The average molecular weight is 166 g/mol. The summed E-state index contributed by atoms with van der Waals surface area (Å²) in [4.78, 5) is 5.54. The molecular formula is C8H10N2S. The zero-order chi connectivity index (χ0) is 7.84. The van der Waals surface area contributed by atoms with E-state index in [9.17, 15) is 0 Å². The van der Waals surface area contributed by atoms with Crippen LogP contribution in [0.25, 0.3) is 4.96 Å². The molecule has 3 heteroatoms. The minimum absolute atomic E-state index is 1.02. The van der Waals surface area contributed by atoms with Crippen LogP contribution < -0.4 is 0 Å². The van der Waals surface area contributed by atoms with Crippen molar-refractivity contribution in [1.29, 1.82) is 0 Å². The Kier molecular flexibility index (Phi) is 1.46. The Morgan fingerprint density at radius 3 is 3.09 bits per heavy atom. The maximum atomic E-state index is 4.43. The Bertz CT molecular complexity index is 372. The van der Waals surface area contributed by atoms with Gasteiger partial charge in [-0.1, -0.05) is 6.92 Å². The second kappa shape index (κ2) is 2.34. The molecule has 2 aromatic rings. The molecule has 0 radical (unpaired) electrons. The van der Waals surface area contributed by atoms with Gasteiger partial charge in [0.2, 0.25) is 0 Å². The molecule has 0 saturated carbocycles. The number of fused-ring (bicyclic) bond motifs is 1. The van der Waals surface area contributed by atoms with E-state index in [1.165, 1.54) is 11.4 Å². The quantitative estimate of drug-likeness (QED) is 0.635. The first kappa shape index (κ1) is 6.85. The molecule has 11 heavy (non-hydrogen) atoms. The van der Waals surface area contributed by atoms with Gasteiger partial charge in [-0.25, -0.2) is 4.98 Å². The number of hydrogen-bond donors (Lipinski definition) is 0. The van der Waals surface area contributed by atoms with E-state index in [-0.39, 0.29) is 0 Å². The third kappa shape index (κ3) is 0.959. The van der Waals surface area contributed by atoms with Crippen LogP contribution in [0.15, 0.2) is 11.6 Å². The largest absolute Gasteiger partial charge is 0.295 e. The van der Waals surface area contributed by atoms with E-state index in [4.69, 9.17) is 0 Å². The maximum Gasteiger partial charge on any atom is 0.194 e. The van der Waals surface area contributed by atoms with Crippen molar-refractivity contribution < 1.29 is 0 Å². The zero-order valence-corrected chi connectivity index (χ0v) is 7.48. The highest BCUT2D eigenvalue weighted by Crippen LogP contribution is 2.15. The molecule has 0 bridgehead atoms. The Hall–Kier alpha value is -0.830. The highest BCUT2D eigenvalue weighted by molar-refractivity contribution is 7.15. The van der Waals surface area contributed by atoms with Crippen LogP contribution in [0.1, 0.15) is 18.3 Å². The van der Waals surface area contributed by atoms with Gasteiger partial charge in [0, 0.05) is 17.3 Å². The molecule has 0 spiro atoms. The van der Waals surface area contributed by atoms with E-state index >= 15 is 0 Å². The van der Waals surface area contributed by atoms with Crippen LogP contribution in [0.5, 0.6) is 0 Å². The number of hydrogen-bond acceptors (Lipinski definition) is 2. The lowest BCUT2D eigenvalue weighted by atomic mass is 10.4. The Morgan fingerprint density at radius 2 is 2.45 bits per heavy atom. The molecule has 0 atom stereocenters. The van der Waals surface area contributed by atoms with E-state index in [2.05, 4.69) is 34.8 Å². The number of aromatic nitrogens is 2. The van der Waals surface area contributed by atoms with Crippen LogP contribution in [-0.2, 0) is 6.42 Å². The highest BCUT2D eigenvalue weighted by Gasteiger charge is 2.02. The van der Waals surface area contributed by atoms with Gasteiger partial charge >= 0.3 is 0 Å². The minimum Gasteiger partial charge on any atom is -0.295 e. The SMILES string of the molecule is CCc1cn2c(C)csc2n1. The van der Waals surface area contributed by atoms with Crippen molar-refractivity contribution >= 4 is 16.3 Å². The van der Waals surface area contributed by atoms with E-state index in [0.29, 0.717) is 0 Å². The number of aryl methyl sites for hydroxylation is 2. The molecule has 0 N–H and O–H groups in total. The molecule has 2 nitrogen and oxygen atoms in total. The number of imidazole rings is 1. The fourth-order valence-electron chi connectivity index (χ4n) is 1.11. The van der Waals surface area contributed by atoms with Crippen LogP contribution in [0.3, 0.4) is 0 Å². The van der Waals surface area contributed by atoms with Gasteiger partial charge in [-0.2, -0.15) is 0 Å². The summed E-state index contributed by atoms with van der Waals surface area (Å²) < 4.78 is 2.14. The summed E-state index contributed by atoms with van der Waals surface area (Å²) in [5, 5.41) is 2.13. The summed E-state index contributed by atoms with van der Waals surface area (Å²) in [5.74, 6) is 0. The Balaban J connectivity index is 2.70. The van der Waals surface area contributed by atoms with Gasteiger partial charge in [0.1, 0.15) is 0 Å². The van der Waals surface area contributed by atoms with Crippen LogP contribution >= 0.6 is 11.3 Å². The van der Waals surface area contributed by atoms with Crippen LogP contribution in [-0.4, -0.2) is 9.38 Å². The fourth-order valence-corrected chi connectivity index (χ4v) is 1.98. The molecule has 58 valence electrons. The molecule has 0 fully saturated rings. The van der Waals surface area contributed by atoms with Crippen LogP contribution in [0, 0.1) is 6.92 Å². The van der Waals surface area contributed by atoms with E-state index in [1.54, 1.807) is 11.3 Å². The number of rotatable bonds is 1. The van der Waals surface area contributed by atoms with Gasteiger partial charge in [0.15, 0.2) is 4.96 Å². The first-order chi connectivity index (χ1) is 5.31. The maximum absolute atomic E-state index is 4.43. The summed E-state index contributed by atoms with van der Waals surface area (Å²) in [6.45, 7) is 4.23. The Morgan fingerprint density at radius 1 is 1.64 bits per heavy atom. The standard InChI is InChI=1S/C8H10N2S/c1-3-7-4-10-6(2)5-11-8(10)9-7/h4-5H,3H2,1-2H3. The van der Waals surface area contributed by atoms with Gasteiger partial charge in [-0.3, -0.25) is 4.40 Å². The Labute approximate surface area is 69.5 Å². The molecule has 2 aromatic heterocycles. The first-order valence-corrected chi connectivity index (χ1v) is 4.61. The summed E-state index contributed by atoms with van der Waals surface area (Å²) in [5.41, 5.74) is 2.46. The third-order valence-electron chi connectivity index (χ3n) is 1.80. The fraction of sp³-hybridized carbons (Fsp3) is 0.375. The molecule has 0 aliphatic carbocycles. The molecule has 0 amide bonds. The smallest absolute Gasteiger partial charge is 0.194 e.